The molecule has 1 fully saturated rings. The van der Waals surface area contributed by atoms with E-state index in [1.54, 1.807) is 65.6 Å². The van der Waals surface area contributed by atoms with Crippen molar-refractivity contribution in [2.24, 2.45) is 5.92 Å². The number of hydrogen-bond acceptors (Lipinski definition) is 4. The summed E-state index contributed by atoms with van der Waals surface area (Å²) in [5.41, 5.74) is 4.34. The van der Waals surface area contributed by atoms with Gasteiger partial charge in [0.1, 0.15) is 0 Å². The fourth-order valence-electron chi connectivity index (χ4n) is 4.92. The lowest BCUT2D eigenvalue weighted by molar-refractivity contribution is -0.122. The monoisotopic (exact) mass is 596 g/mol. The number of carbonyl (C=O) groups is 3. The summed E-state index contributed by atoms with van der Waals surface area (Å²) < 4.78 is 0. The van der Waals surface area contributed by atoms with Crippen LogP contribution in [0.4, 0.5) is 17.1 Å². The van der Waals surface area contributed by atoms with Gasteiger partial charge in [0.2, 0.25) is 11.8 Å². The van der Waals surface area contributed by atoms with Crippen molar-refractivity contribution in [3.05, 3.63) is 123 Å². The molecule has 9 heteroatoms. The zero-order chi connectivity index (χ0) is 29.8. The molecule has 0 bridgehead atoms. The summed E-state index contributed by atoms with van der Waals surface area (Å²) in [4.78, 5) is 40.0. The van der Waals surface area contributed by atoms with Crippen molar-refractivity contribution >= 4 is 58.0 Å². The zero-order valence-corrected chi connectivity index (χ0v) is 24.1. The highest BCUT2D eigenvalue weighted by molar-refractivity contribution is 6.32. The highest BCUT2D eigenvalue weighted by atomic mass is 35.5. The Morgan fingerprint density at radius 3 is 2.31 bits per heavy atom. The van der Waals surface area contributed by atoms with E-state index in [-0.39, 0.29) is 24.1 Å². The maximum absolute atomic E-state index is 13.0. The van der Waals surface area contributed by atoms with E-state index >= 15 is 0 Å². The van der Waals surface area contributed by atoms with Crippen LogP contribution in [0.2, 0.25) is 10.0 Å². The summed E-state index contributed by atoms with van der Waals surface area (Å²) in [6, 6.07) is 28.5. The van der Waals surface area contributed by atoms with E-state index in [0.717, 1.165) is 16.8 Å². The summed E-state index contributed by atoms with van der Waals surface area (Å²) in [6.07, 6.45) is 0.136. The molecule has 2 N–H and O–H groups in total. The predicted octanol–water partition coefficient (Wildman–Crippen LogP) is 7.20. The van der Waals surface area contributed by atoms with Gasteiger partial charge in [0.25, 0.3) is 5.91 Å². The normalized spacial score (nSPS) is 15.1. The molecule has 210 valence electrons. The second kappa shape index (κ2) is 12.5. The standard InChI is InChI=1S/C33H26Cl2N4O3/c1-20-15-27(28(18-36)21-7-11-24(34)12-8-21)29(35)17-30(20)38-32(41)22-9-13-25(14-10-22)37-33(42)23-16-31(40)39(19-23)26-5-3-2-4-6-26/h2-15,17,23,28H,16,19H2,1H3,(H,37,42)(H,38,41). The predicted molar refractivity (Wildman–Crippen MR) is 165 cm³/mol. The van der Waals surface area contributed by atoms with Crippen LogP contribution in [0.1, 0.15) is 39.4 Å². The lowest BCUT2D eigenvalue weighted by Gasteiger charge is -2.17. The van der Waals surface area contributed by atoms with Crippen LogP contribution in [-0.2, 0) is 9.59 Å². The topological polar surface area (TPSA) is 102 Å². The second-order valence-corrected chi connectivity index (χ2v) is 10.9. The Balaban J connectivity index is 1.22. The van der Waals surface area contributed by atoms with Crippen molar-refractivity contribution in [2.45, 2.75) is 19.3 Å². The molecule has 1 aliphatic rings. The number of carbonyl (C=O) groups excluding carboxylic acids is 3. The Morgan fingerprint density at radius 2 is 1.64 bits per heavy atom. The van der Waals surface area contributed by atoms with Gasteiger partial charge in [0, 0.05) is 45.6 Å². The Kier molecular flexibility index (Phi) is 8.58. The molecule has 4 aromatic rings. The number of benzene rings is 4. The number of aryl methyl sites for hydroxylation is 1. The van der Waals surface area contributed by atoms with Gasteiger partial charge in [-0.25, -0.2) is 0 Å². The van der Waals surface area contributed by atoms with E-state index in [1.807, 2.05) is 37.3 Å². The molecule has 4 aromatic carbocycles. The Labute approximate surface area is 253 Å². The van der Waals surface area contributed by atoms with Gasteiger partial charge in [-0.2, -0.15) is 5.26 Å². The summed E-state index contributed by atoms with van der Waals surface area (Å²) in [5, 5.41) is 16.5. The number of para-hydroxylation sites is 1. The van der Waals surface area contributed by atoms with Crippen LogP contribution >= 0.6 is 23.2 Å². The number of nitrogens with zero attached hydrogens (tertiary/aromatic N) is 2. The van der Waals surface area contributed by atoms with E-state index in [9.17, 15) is 19.6 Å². The van der Waals surface area contributed by atoms with Gasteiger partial charge in [0.05, 0.1) is 17.9 Å². The van der Waals surface area contributed by atoms with Crippen LogP contribution in [0.15, 0.2) is 91.0 Å². The minimum Gasteiger partial charge on any atom is -0.326 e. The van der Waals surface area contributed by atoms with Crippen molar-refractivity contribution in [2.75, 3.05) is 22.1 Å². The van der Waals surface area contributed by atoms with Crippen LogP contribution in [0.25, 0.3) is 0 Å². The number of nitriles is 1. The van der Waals surface area contributed by atoms with E-state index in [0.29, 0.717) is 39.1 Å². The molecule has 1 heterocycles. The van der Waals surface area contributed by atoms with Crippen molar-refractivity contribution in [3.63, 3.8) is 0 Å². The number of anilines is 3. The van der Waals surface area contributed by atoms with Gasteiger partial charge < -0.3 is 15.5 Å². The molecular weight excluding hydrogens is 571 g/mol. The molecule has 0 saturated carbocycles. The molecule has 42 heavy (non-hydrogen) atoms. The summed E-state index contributed by atoms with van der Waals surface area (Å²) >= 11 is 12.6. The van der Waals surface area contributed by atoms with E-state index in [4.69, 9.17) is 23.2 Å². The molecule has 2 atom stereocenters. The fourth-order valence-corrected chi connectivity index (χ4v) is 5.32. The highest BCUT2D eigenvalue weighted by Crippen LogP contribution is 2.34. The lowest BCUT2D eigenvalue weighted by atomic mass is 9.91. The molecule has 0 spiro atoms. The third-order valence-corrected chi connectivity index (χ3v) is 7.79. The number of nitrogens with one attached hydrogen (secondary N) is 2. The Morgan fingerprint density at radius 1 is 0.952 bits per heavy atom. The first-order chi connectivity index (χ1) is 20.2. The molecule has 2 unspecified atom stereocenters. The van der Waals surface area contributed by atoms with E-state index in [1.165, 1.54) is 0 Å². The molecule has 1 saturated heterocycles. The van der Waals surface area contributed by atoms with Gasteiger partial charge in [-0.1, -0.05) is 59.6 Å². The summed E-state index contributed by atoms with van der Waals surface area (Å²) in [5.74, 6) is -1.76. The smallest absolute Gasteiger partial charge is 0.255 e. The first kappa shape index (κ1) is 28.9. The van der Waals surface area contributed by atoms with Crippen LogP contribution in [0.3, 0.4) is 0 Å². The van der Waals surface area contributed by atoms with Crippen molar-refractivity contribution in [3.8, 4) is 6.07 Å². The molecule has 5 rings (SSSR count). The number of rotatable bonds is 7. The minimum atomic E-state index is -0.593. The number of hydrogen-bond donors (Lipinski definition) is 2. The Bertz CT molecular complexity index is 1680. The van der Waals surface area contributed by atoms with Crippen LogP contribution < -0.4 is 15.5 Å². The lowest BCUT2D eigenvalue weighted by Crippen LogP contribution is -2.28. The van der Waals surface area contributed by atoms with Crippen molar-refractivity contribution < 1.29 is 14.4 Å². The van der Waals surface area contributed by atoms with Crippen molar-refractivity contribution in [1.29, 1.82) is 5.26 Å². The maximum Gasteiger partial charge on any atom is 0.255 e. The van der Waals surface area contributed by atoms with Gasteiger partial charge in [-0.05, 0) is 78.2 Å². The molecule has 1 aliphatic heterocycles. The van der Waals surface area contributed by atoms with E-state index in [2.05, 4.69) is 16.7 Å². The molecular formula is C33H26Cl2N4O3. The molecule has 0 aliphatic carbocycles. The average Bonchev–Trinajstić information content (AvgIpc) is 3.39. The summed E-state index contributed by atoms with van der Waals surface area (Å²) in [7, 11) is 0. The quantitative estimate of drug-likeness (QED) is 0.235. The largest absolute Gasteiger partial charge is 0.326 e. The molecule has 0 radical (unpaired) electrons. The average molecular weight is 598 g/mol. The fraction of sp³-hybridized carbons (Fsp3) is 0.152. The Hall–Kier alpha value is -4.64. The molecule has 7 nitrogen and oxygen atoms in total. The van der Waals surface area contributed by atoms with Crippen LogP contribution in [0.5, 0.6) is 0 Å². The third-order valence-electron chi connectivity index (χ3n) is 7.21. The van der Waals surface area contributed by atoms with Crippen molar-refractivity contribution in [1.82, 2.24) is 0 Å². The van der Waals surface area contributed by atoms with Gasteiger partial charge >= 0.3 is 0 Å². The summed E-state index contributed by atoms with van der Waals surface area (Å²) in [6.45, 7) is 2.14. The number of amides is 3. The highest BCUT2D eigenvalue weighted by Gasteiger charge is 2.35. The van der Waals surface area contributed by atoms with Gasteiger partial charge in [-0.3, -0.25) is 14.4 Å². The van der Waals surface area contributed by atoms with Gasteiger partial charge in [-0.15, -0.1) is 0 Å². The minimum absolute atomic E-state index is 0.0927. The molecule has 3 amide bonds. The third kappa shape index (κ3) is 6.31. The zero-order valence-electron chi connectivity index (χ0n) is 22.6. The first-order valence-corrected chi connectivity index (χ1v) is 14.0. The van der Waals surface area contributed by atoms with Crippen LogP contribution in [-0.4, -0.2) is 24.3 Å². The van der Waals surface area contributed by atoms with E-state index < -0.39 is 11.8 Å². The van der Waals surface area contributed by atoms with Gasteiger partial charge in [0.15, 0.2) is 0 Å². The second-order valence-electron chi connectivity index (χ2n) is 10.1. The van der Waals surface area contributed by atoms with Crippen LogP contribution in [0, 0.1) is 24.2 Å². The first-order valence-electron chi connectivity index (χ1n) is 13.3. The molecule has 0 aromatic heterocycles. The number of halogens is 2. The SMILES string of the molecule is Cc1cc(C(C#N)c2ccc(Cl)cc2)c(Cl)cc1NC(=O)c1ccc(NC(=O)C2CC(=O)N(c3ccccc3)C2)cc1. The maximum atomic E-state index is 13.0.